The number of anilines is 1. The summed E-state index contributed by atoms with van der Waals surface area (Å²) in [5.74, 6) is 0.513. The second kappa shape index (κ2) is 10.4. The van der Waals surface area contributed by atoms with Crippen molar-refractivity contribution in [3.8, 4) is 5.69 Å². The Bertz CT molecular complexity index is 1390. The fourth-order valence-corrected chi connectivity index (χ4v) is 4.60. The van der Waals surface area contributed by atoms with Crippen molar-refractivity contribution in [2.75, 3.05) is 30.8 Å². The first kappa shape index (κ1) is 25.0. The van der Waals surface area contributed by atoms with Gasteiger partial charge in [0.05, 0.1) is 16.6 Å². The van der Waals surface area contributed by atoms with Gasteiger partial charge in [-0.05, 0) is 48.2 Å². The summed E-state index contributed by atoms with van der Waals surface area (Å²) in [4.78, 5) is 24.7. The maximum Gasteiger partial charge on any atom is 0.416 e. The SMILES string of the molecule is CSc1ccc(CNC(=O)C2CN(c3ncnc4nn(-c5ccc(C(F)(F)F)cc5)cc34)CCN2)cc1. The van der Waals surface area contributed by atoms with E-state index in [9.17, 15) is 18.0 Å². The van der Waals surface area contributed by atoms with Gasteiger partial charge in [0.2, 0.25) is 5.91 Å². The number of piperazine rings is 1. The van der Waals surface area contributed by atoms with E-state index in [1.54, 1.807) is 18.0 Å². The zero-order chi connectivity index (χ0) is 26.0. The van der Waals surface area contributed by atoms with Gasteiger partial charge in [0.1, 0.15) is 18.2 Å². The second-order valence-electron chi connectivity index (χ2n) is 8.57. The van der Waals surface area contributed by atoms with Gasteiger partial charge in [0, 0.05) is 37.3 Å². The van der Waals surface area contributed by atoms with E-state index in [0.717, 1.165) is 22.6 Å². The zero-order valence-electron chi connectivity index (χ0n) is 19.9. The number of benzene rings is 2. The molecule has 12 heteroatoms. The Hall–Kier alpha value is -3.64. The van der Waals surface area contributed by atoms with E-state index >= 15 is 0 Å². The van der Waals surface area contributed by atoms with Crippen LogP contribution in [0.1, 0.15) is 11.1 Å². The normalized spacial score (nSPS) is 16.2. The predicted molar refractivity (Wildman–Crippen MR) is 136 cm³/mol. The molecule has 0 spiro atoms. The molecule has 4 aromatic rings. The van der Waals surface area contributed by atoms with Gasteiger partial charge in [-0.25, -0.2) is 14.6 Å². The molecule has 0 saturated carbocycles. The highest BCUT2D eigenvalue weighted by atomic mass is 32.2. The Morgan fingerprint density at radius 1 is 1.14 bits per heavy atom. The number of fused-ring (bicyclic) bond motifs is 1. The number of nitrogens with one attached hydrogen (secondary N) is 2. The standard InChI is InChI=1S/C25H24F3N7OS/c1-37-19-8-2-16(3-9-19)12-30-24(36)21-14-34(11-10-29-21)23-20-13-35(33-22(20)31-15-32-23)18-6-4-17(5-7-18)25(26,27)28/h2-9,13,15,21,29H,10-12,14H2,1H3,(H,30,36). The molecule has 0 radical (unpaired) electrons. The van der Waals surface area contributed by atoms with Crippen LogP contribution in [0.25, 0.3) is 16.7 Å². The van der Waals surface area contributed by atoms with E-state index in [4.69, 9.17) is 0 Å². The monoisotopic (exact) mass is 527 g/mol. The summed E-state index contributed by atoms with van der Waals surface area (Å²) < 4.78 is 40.2. The summed E-state index contributed by atoms with van der Waals surface area (Å²) in [5.41, 5.74) is 1.18. The van der Waals surface area contributed by atoms with Crippen LogP contribution in [-0.4, -0.2) is 57.6 Å². The summed E-state index contributed by atoms with van der Waals surface area (Å²) in [6, 6.07) is 12.4. The summed E-state index contributed by atoms with van der Waals surface area (Å²) in [7, 11) is 0. The lowest BCUT2D eigenvalue weighted by atomic mass is 10.1. The van der Waals surface area contributed by atoms with Crippen LogP contribution in [0, 0.1) is 0 Å². The van der Waals surface area contributed by atoms with Crippen molar-refractivity contribution in [1.29, 1.82) is 0 Å². The minimum atomic E-state index is -4.41. The minimum absolute atomic E-state index is 0.107. The smallest absolute Gasteiger partial charge is 0.353 e. The maximum absolute atomic E-state index is 12.9. The first-order chi connectivity index (χ1) is 17.8. The number of carbonyl (C=O) groups excluding carboxylic acids is 1. The van der Waals surface area contributed by atoms with E-state index in [2.05, 4.69) is 25.7 Å². The first-order valence-electron chi connectivity index (χ1n) is 11.6. The third kappa shape index (κ3) is 5.54. The fraction of sp³-hybridized carbons (Fsp3) is 0.280. The van der Waals surface area contributed by atoms with Crippen LogP contribution in [0.2, 0.25) is 0 Å². The molecule has 2 N–H and O–H groups in total. The number of hydrogen-bond acceptors (Lipinski definition) is 7. The van der Waals surface area contributed by atoms with Gasteiger partial charge in [-0.1, -0.05) is 12.1 Å². The van der Waals surface area contributed by atoms with Crippen molar-refractivity contribution in [2.24, 2.45) is 0 Å². The maximum atomic E-state index is 12.9. The number of nitrogens with zero attached hydrogens (tertiary/aromatic N) is 5. The minimum Gasteiger partial charge on any atom is -0.353 e. The van der Waals surface area contributed by atoms with Crippen molar-refractivity contribution in [3.05, 3.63) is 72.2 Å². The van der Waals surface area contributed by atoms with Crippen LogP contribution in [-0.2, 0) is 17.5 Å². The van der Waals surface area contributed by atoms with Crippen LogP contribution < -0.4 is 15.5 Å². The first-order valence-corrected chi connectivity index (χ1v) is 12.8. The number of alkyl halides is 3. The molecule has 1 aliphatic rings. The Morgan fingerprint density at radius 2 is 1.89 bits per heavy atom. The number of amides is 1. The number of carbonyl (C=O) groups is 1. The van der Waals surface area contributed by atoms with Crippen molar-refractivity contribution < 1.29 is 18.0 Å². The van der Waals surface area contributed by atoms with Gasteiger partial charge in [-0.2, -0.15) is 13.2 Å². The van der Waals surface area contributed by atoms with Crippen molar-refractivity contribution in [2.45, 2.75) is 23.7 Å². The fourth-order valence-electron chi connectivity index (χ4n) is 4.19. The van der Waals surface area contributed by atoms with Crippen molar-refractivity contribution in [1.82, 2.24) is 30.4 Å². The Morgan fingerprint density at radius 3 is 2.59 bits per heavy atom. The average molecular weight is 528 g/mol. The van der Waals surface area contributed by atoms with Crippen LogP contribution in [0.3, 0.4) is 0 Å². The number of hydrogen-bond donors (Lipinski definition) is 2. The highest BCUT2D eigenvalue weighted by molar-refractivity contribution is 7.98. The van der Waals surface area contributed by atoms with Crippen molar-refractivity contribution >= 4 is 34.5 Å². The highest BCUT2D eigenvalue weighted by Crippen LogP contribution is 2.30. The third-order valence-electron chi connectivity index (χ3n) is 6.17. The molecular formula is C25H24F3N7OS. The molecule has 2 aromatic carbocycles. The topological polar surface area (TPSA) is 88.0 Å². The highest BCUT2D eigenvalue weighted by Gasteiger charge is 2.30. The Kier molecular flexibility index (Phi) is 7.02. The quantitative estimate of drug-likeness (QED) is 0.370. The summed E-state index contributed by atoms with van der Waals surface area (Å²) in [6.07, 6.45) is 0.707. The number of thioether (sulfide) groups is 1. The molecule has 2 aromatic heterocycles. The van der Waals surface area contributed by atoms with E-state index in [1.165, 1.54) is 23.1 Å². The summed E-state index contributed by atoms with van der Waals surface area (Å²) in [6.45, 7) is 2.04. The van der Waals surface area contributed by atoms with Gasteiger partial charge >= 0.3 is 6.18 Å². The van der Waals surface area contributed by atoms with Crippen LogP contribution in [0.4, 0.5) is 19.0 Å². The van der Waals surface area contributed by atoms with Gasteiger partial charge < -0.3 is 15.5 Å². The lowest BCUT2D eigenvalue weighted by molar-refractivity contribution is -0.137. The lowest BCUT2D eigenvalue weighted by Gasteiger charge is -2.33. The molecule has 1 aliphatic heterocycles. The molecule has 1 amide bonds. The number of rotatable bonds is 6. The second-order valence-corrected chi connectivity index (χ2v) is 9.45. The predicted octanol–water partition coefficient (Wildman–Crippen LogP) is 3.65. The van der Waals surface area contributed by atoms with Crippen LogP contribution >= 0.6 is 11.8 Å². The molecule has 3 heterocycles. The summed E-state index contributed by atoms with van der Waals surface area (Å²) >= 11 is 1.66. The number of aromatic nitrogens is 4. The molecule has 8 nitrogen and oxygen atoms in total. The molecule has 1 unspecified atom stereocenters. The zero-order valence-corrected chi connectivity index (χ0v) is 20.7. The molecule has 1 fully saturated rings. The van der Waals surface area contributed by atoms with Gasteiger partial charge in [-0.15, -0.1) is 16.9 Å². The van der Waals surface area contributed by atoms with Crippen LogP contribution in [0.15, 0.2) is 66.0 Å². The molecule has 0 aliphatic carbocycles. The van der Waals surface area contributed by atoms with E-state index in [0.29, 0.717) is 48.7 Å². The van der Waals surface area contributed by atoms with Gasteiger partial charge in [0.15, 0.2) is 5.65 Å². The molecule has 37 heavy (non-hydrogen) atoms. The molecular weight excluding hydrogens is 503 g/mol. The Labute approximate surface area is 215 Å². The lowest BCUT2D eigenvalue weighted by Crippen LogP contribution is -2.57. The largest absolute Gasteiger partial charge is 0.416 e. The molecule has 1 saturated heterocycles. The van der Waals surface area contributed by atoms with E-state index < -0.39 is 17.8 Å². The van der Waals surface area contributed by atoms with Crippen molar-refractivity contribution in [3.63, 3.8) is 0 Å². The van der Waals surface area contributed by atoms with E-state index in [-0.39, 0.29) is 5.91 Å². The molecule has 5 rings (SSSR count). The number of halogens is 3. The molecule has 192 valence electrons. The van der Waals surface area contributed by atoms with Crippen LogP contribution in [0.5, 0.6) is 0 Å². The molecule has 1 atom stereocenters. The van der Waals surface area contributed by atoms with Gasteiger partial charge in [0.25, 0.3) is 0 Å². The Balaban J connectivity index is 1.30. The summed E-state index contributed by atoms with van der Waals surface area (Å²) in [5, 5.41) is 11.3. The van der Waals surface area contributed by atoms with E-state index in [1.807, 2.05) is 35.4 Å². The third-order valence-corrected chi connectivity index (χ3v) is 6.92. The average Bonchev–Trinajstić information content (AvgIpc) is 3.36. The molecule has 0 bridgehead atoms. The van der Waals surface area contributed by atoms with Gasteiger partial charge in [-0.3, -0.25) is 4.79 Å².